The summed E-state index contributed by atoms with van der Waals surface area (Å²) in [4.78, 5) is 0. The Bertz CT molecular complexity index is 74.9. The molecule has 0 aliphatic heterocycles. The second kappa shape index (κ2) is 2.67. The number of hydrogen-bond donors (Lipinski definition) is 0. The molecule has 0 aromatic rings. The smallest absolute Gasteiger partial charge is 0.100 e. The summed E-state index contributed by atoms with van der Waals surface area (Å²) < 4.78 is 12.3. The van der Waals surface area contributed by atoms with Gasteiger partial charge in [0.2, 0.25) is 0 Å². The van der Waals surface area contributed by atoms with Gasteiger partial charge in [0.1, 0.15) is 6.17 Å². The van der Waals surface area contributed by atoms with Crippen LogP contribution in [0, 0.1) is 5.92 Å². The zero-order chi connectivity index (χ0) is 5.98. The minimum atomic E-state index is -0.557. The molecule has 1 aliphatic carbocycles. The normalized spacial score (nSPS) is 38.2. The van der Waals surface area contributed by atoms with Gasteiger partial charge in [-0.05, 0) is 25.2 Å². The molecule has 1 aliphatic rings. The van der Waals surface area contributed by atoms with Gasteiger partial charge in [-0.1, -0.05) is 0 Å². The zero-order valence-corrected chi connectivity index (χ0v) is 5.49. The quantitative estimate of drug-likeness (QED) is 0.486. The second-order valence-electron chi connectivity index (χ2n) is 2.43. The van der Waals surface area contributed by atoms with E-state index in [1.54, 1.807) is 0 Å². The third-order valence-corrected chi connectivity index (χ3v) is 2.13. The van der Waals surface area contributed by atoms with Gasteiger partial charge in [-0.3, -0.25) is 0 Å². The van der Waals surface area contributed by atoms with Crippen LogP contribution in [0.1, 0.15) is 19.3 Å². The van der Waals surface area contributed by atoms with Crippen LogP contribution in [0.15, 0.2) is 0 Å². The molecular formula is C6H10ClF. The predicted molar refractivity (Wildman–Crippen MR) is 33.0 cm³/mol. The maximum absolute atomic E-state index is 12.3. The Morgan fingerprint density at radius 2 is 2.25 bits per heavy atom. The van der Waals surface area contributed by atoms with Gasteiger partial charge in [0, 0.05) is 5.88 Å². The molecule has 0 saturated heterocycles. The SMILES string of the molecule is FC1CCC(CCl)C1. The van der Waals surface area contributed by atoms with Crippen LogP contribution in [0.2, 0.25) is 0 Å². The summed E-state index contributed by atoms with van der Waals surface area (Å²) in [5, 5.41) is 0. The fourth-order valence-electron chi connectivity index (χ4n) is 1.15. The molecule has 1 rings (SSSR count). The van der Waals surface area contributed by atoms with Crippen LogP contribution in [-0.2, 0) is 0 Å². The Labute approximate surface area is 54.0 Å². The largest absolute Gasteiger partial charge is 0.247 e. The molecule has 2 atom stereocenters. The molecule has 0 nitrogen and oxygen atoms in total. The average Bonchev–Trinajstić information content (AvgIpc) is 2.14. The van der Waals surface area contributed by atoms with E-state index in [1.165, 1.54) is 0 Å². The van der Waals surface area contributed by atoms with Crippen molar-refractivity contribution in [2.75, 3.05) is 5.88 Å². The first-order valence-corrected chi connectivity index (χ1v) is 3.56. The molecule has 0 radical (unpaired) electrons. The minimum absolute atomic E-state index is 0.465. The van der Waals surface area contributed by atoms with Crippen molar-refractivity contribution in [2.24, 2.45) is 5.92 Å². The topological polar surface area (TPSA) is 0 Å². The predicted octanol–water partition coefficient (Wildman–Crippen LogP) is 2.36. The summed E-state index contributed by atoms with van der Waals surface area (Å²) in [6.45, 7) is 0. The maximum atomic E-state index is 12.3. The Hall–Kier alpha value is 0.220. The van der Waals surface area contributed by atoms with E-state index in [4.69, 9.17) is 11.6 Å². The lowest BCUT2D eigenvalue weighted by Crippen LogP contribution is -1.96. The maximum Gasteiger partial charge on any atom is 0.100 e. The van der Waals surface area contributed by atoms with Gasteiger partial charge in [0.25, 0.3) is 0 Å². The highest BCUT2D eigenvalue weighted by Crippen LogP contribution is 2.28. The van der Waals surface area contributed by atoms with E-state index in [2.05, 4.69) is 0 Å². The lowest BCUT2D eigenvalue weighted by atomic mass is 10.1. The number of rotatable bonds is 1. The minimum Gasteiger partial charge on any atom is -0.247 e. The van der Waals surface area contributed by atoms with Crippen LogP contribution in [0.5, 0.6) is 0 Å². The molecule has 0 N–H and O–H groups in total. The van der Waals surface area contributed by atoms with Crippen molar-refractivity contribution >= 4 is 11.6 Å². The van der Waals surface area contributed by atoms with Crippen molar-refractivity contribution in [3.05, 3.63) is 0 Å². The van der Waals surface area contributed by atoms with E-state index in [0.29, 0.717) is 18.2 Å². The number of halogens is 2. The molecule has 8 heavy (non-hydrogen) atoms. The van der Waals surface area contributed by atoms with E-state index in [1.807, 2.05) is 0 Å². The van der Waals surface area contributed by atoms with Crippen LogP contribution in [0.3, 0.4) is 0 Å². The Morgan fingerprint density at radius 3 is 2.50 bits per heavy atom. The van der Waals surface area contributed by atoms with E-state index in [0.717, 1.165) is 12.8 Å². The molecule has 2 heteroatoms. The fourth-order valence-corrected chi connectivity index (χ4v) is 1.43. The van der Waals surface area contributed by atoms with Crippen molar-refractivity contribution < 1.29 is 4.39 Å². The fraction of sp³-hybridized carbons (Fsp3) is 1.00. The molecule has 1 saturated carbocycles. The van der Waals surface area contributed by atoms with Crippen molar-refractivity contribution in [1.82, 2.24) is 0 Å². The standard InChI is InChI=1S/C6H10ClF/c7-4-5-1-2-6(8)3-5/h5-6H,1-4H2. The number of hydrogen-bond acceptors (Lipinski definition) is 0. The third-order valence-electron chi connectivity index (χ3n) is 1.70. The summed E-state index contributed by atoms with van der Waals surface area (Å²) in [6, 6.07) is 0. The first kappa shape index (κ1) is 6.34. The Balaban J connectivity index is 2.22. The summed E-state index contributed by atoms with van der Waals surface area (Å²) >= 11 is 5.51. The highest BCUT2D eigenvalue weighted by molar-refractivity contribution is 6.18. The van der Waals surface area contributed by atoms with E-state index < -0.39 is 6.17 Å². The molecule has 0 aromatic heterocycles. The van der Waals surface area contributed by atoms with E-state index >= 15 is 0 Å². The molecule has 0 amide bonds. The van der Waals surface area contributed by atoms with Crippen LogP contribution in [-0.4, -0.2) is 12.1 Å². The highest BCUT2D eigenvalue weighted by Gasteiger charge is 2.22. The van der Waals surface area contributed by atoms with Gasteiger partial charge in [-0.25, -0.2) is 4.39 Å². The van der Waals surface area contributed by atoms with Crippen LogP contribution in [0.25, 0.3) is 0 Å². The molecular weight excluding hydrogens is 127 g/mol. The third kappa shape index (κ3) is 1.35. The second-order valence-corrected chi connectivity index (χ2v) is 2.74. The lowest BCUT2D eigenvalue weighted by Gasteiger charge is -1.98. The van der Waals surface area contributed by atoms with Crippen LogP contribution in [0.4, 0.5) is 4.39 Å². The van der Waals surface area contributed by atoms with Crippen molar-refractivity contribution in [2.45, 2.75) is 25.4 Å². The van der Waals surface area contributed by atoms with Gasteiger partial charge in [0.15, 0.2) is 0 Å². The van der Waals surface area contributed by atoms with Crippen LogP contribution >= 0.6 is 11.6 Å². The average molecular weight is 137 g/mol. The number of alkyl halides is 2. The van der Waals surface area contributed by atoms with Crippen molar-refractivity contribution in [3.63, 3.8) is 0 Å². The molecule has 48 valence electrons. The van der Waals surface area contributed by atoms with Gasteiger partial charge in [-0.15, -0.1) is 11.6 Å². The summed E-state index contributed by atoms with van der Waals surface area (Å²) in [5.74, 6) is 1.10. The summed E-state index contributed by atoms with van der Waals surface area (Å²) in [5.41, 5.74) is 0. The van der Waals surface area contributed by atoms with Gasteiger partial charge in [-0.2, -0.15) is 0 Å². The van der Waals surface area contributed by atoms with E-state index in [9.17, 15) is 4.39 Å². The van der Waals surface area contributed by atoms with Crippen LogP contribution < -0.4 is 0 Å². The first-order valence-electron chi connectivity index (χ1n) is 3.03. The molecule has 0 bridgehead atoms. The summed E-state index contributed by atoms with van der Waals surface area (Å²) in [7, 11) is 0. The highest BCUT2D eigenvalue weighted by atomic mass is 35.5. The van der Waals surface area contributed by atoms with Gasteiger partial charge >= 0.3 is 0 Å². The Morgan fingerprint density at radius 1 is 1.50 bits per heavy atom. The van der Waals surface area contributed by atoms with Gasteiger partial charge < -0.3 is 0 Å². The molecule has 0 spiro atoms. The molecule has 0 heterocycles. The van der Waals surface area contributed by atoms with Crippen molar-refractivity contribution in [1.29, 1.82) is 0 Å². The summed E-state index contributed by atoms with van der Waals surface area (Å²) in [6.07, 6.45) is 1.87. The molecule has 2 unspecified atom stereocenters. The molecule has 0 aromatic carbocycles. The Kier molecular flexibility index (Phi) is 2.12. The first-order chi connectivity index (χ1) is 3.83. The lowest BCUT2D eigenvalue weighted by molar-refractivity contribution is 0.334. The zero-order valence-electron chi connectivity index (χ0n) is 4.74. The van der Waals surface area contributed by atoms with Gasteiger partial charge in [0.05, 0.1) is 0 Å². The van der Waals surface area contributed by atoms with Crippen molar-refractivity contribution in [3.8, 4) is 0 Å². The van der Waals surface area contributed by atoms with E-state index in [-0.39, 0.29) is 0 Å². The molecule has 1 fully saturated rings. The monoisotopic (exact) mass is 136 g/mol.